The first-order valence-electron chi connectivity index (χ1n) is 6.87. The highest BCUT2D eigenvalue weighted by molar-refractivity contribution is 5.57. The number of benzene rings is 2. The third-order valence-corrected chi connectivity index (χ3v) is 3.12. The number of nitriles is 1. The van der Waals surface area contributed by atoms with Gasteiger partial charge < -0.3 is 14.8 Å². The highest BCUT2D eigenvalue weighted by Crippen LogP contribution is 2.17. The van der Waals surface area contributed by atoms with Crippen LogP contribution in [-0.4, -0.2) is 20.3 Å². The summed E-state index contributed by atoms with van der Waals surface area (Å²) in [5.41, 5.74) is 1.55. The summed E-state index contributed by atoms with van der Waals surface area (Å²) in [6.07, 6.45) is 0. The molecule has 0 saturated carbocycles. The number of methoxy groups -OCH3 is 1. The lowest BCUT2D eigenvalue weighted by Crippen LogP contribution is -2.10. The Hall–Kier alpha value is -2.58. The zero-order valence-corrected chi connectivity index (χ0v) is 12.3. The fourth-order valence-electron chi connectivity index (χ4n) is 1.95. The van der Waals surface area contributed by atoms with Crippen molar-refractivity contribution < 1.29 is 13.9 Å². The first kappa shape index (κ1) is 15.8. The minimum Gasteiger partial charge on any atom is -0.497 e. The van der Waals surface area contributed by atoms with Crippen LogP contribution in [0.5, 0.6) is 5.75 Å². The quantitative estimate of drug-likeness (QED) is 0.797. The van der Waals surface area contributed by atoms with Crippen LogP contribution in [0.3, 0.4) is 0 Å². The Bertz CT molecular complexity index is 651. The fraction of sp³-hybridized carbons (Fsp3) is 0.235. The van der Waals surface area contributed by atoms with Gasteiger partial charge in [0.1, 0.15) is 23.2 Å². The van der Waals surface area contributed by atoms with Crippen molar-refractivity contribution in [2.45, 2.75) is 6.61 Å². The van der Waals surface area contributed by atoms with E-state index in [0.717, 1.165) is 11.3 Å². The lowest BCUT2D eigenvalue weighted by molar-refractivity contribution is 0.130. The second kappa shape index (κ2) is 8.01. The maximum Gasteiger partial charge on any atom is 0.143 e. The van der Waals surface area contributed by atoms with E-state index in [0.29, 0.717) is 25.4 Å². The van der Waals surface area contributed by atoms with Crippen molar-refractivity contribution in [2.75, 3.05) is 25.6 Å². The summed E-state index contributed by atoms with van der Waals surface area (Å²) >= 11 is 0. The Labute approximate surface area is 129 Å². The Balaban J connectivity index is 1.75. The number of hydrogen-bond donors (Lipinski definition) is 1. The number of rotatable bonds is 7. The predicted molar refractivity (Wildman–Crippen MR) is 82.3 cm³/mol. The van der Waals surface area contributed by atoms with Gasteiger partial charge in [0.25, 0.3) is 0 Å². The van der Waals surface area contributed by atoms with Gasteiger partial charge in [-0.25, -0.2) is 4.39 Å². The van der Waals surface area contributed by atoms with Crippen molar-refractivity contribution in [2.24, 2.45) is 0 Å². The molecule has 0 amide bonds. The van der Waals surface area contributed by atoms with E-state index in [1.807, 2.05) is 30.3 Å². The molecule has 4 nitrogen and oxygen atoms in total. The highest BCUT2D eigenvalue weighted by Gasteiger charge is 2.06. The summed E-state index contributed by atoms with van der Waals surface area (Å²) in [5.74, 6) is 0.284. The number of anilines is 1. The summed E-state index contributed by atoms with van der Waals surface area (Å²) in [4.78, 5) is 0. The van der Waals surface area contributed by atoms with Crippen molar-refractivity contribution in [3.63, 3.8) is 0 Å². The summed E-state index contributed by atoms with van der Waals surface area (Å²) in [7, 11) is 1.62. The zero-order valence-electron chi connectivity index (χ0n) is 12.3. The summed E-state index contributed by atoms with van der Waals surface area (Å²) in [6.45, 7) is 1.43. The minimum atomic E-state index is -0.522. The molecule has 0 atom stereocenters. The van der Waals surface area contributed by atoms with Crippen LogP contribution in [0.15, 0.2) is 42.5 Å². The van der Waals surface area contributed by atoms with Gasteiger partial charge in [0, 0.05) is 6.54 Å². The molecule has 0 unspecified atom stereocenters. The Morgan fingerprint density at radius 1 is 1.18 bits per heavy atom. The first-order valence-corrected chi connectivity index (χ1v) is 6.87. The van der Waals surface area contributed by atoms with Crippen LogP contribution in [0.4, 0.5) is 10.1 Å². The van der Waals surface area contributed by atoms with E-state index in [4.69, 9.17) is 14.7 Å². The number of ether oxygens (including phenoxy) is 2. The van der Waals surface area contributed by atoms with Crippen LogP contribution in [0.25, 0.3) is 0 Å². The molecule has 2 rings (SSSR count). The van der Waals surface area contributed by atoms with Crippen LogP contribution in [0.1, 0.15) is 11.1 Å². The van der Waals surface area contributed by atoms with Crippen molar-refractivity contribution in [1.82, 2.24) is 0 Å². The SMILES string of the molecule is COc1ccc(COCCNc2cccc(F)c2C#N)cc1. The topological polar surface area (TPSA) is 54.3 Å². The average Bonchev–Trinajstić information content (AvgIpc) is 2.55. The molecule has 0 aliphatic carbocycles. The summed E-state index contributed by atoms with van der Waals surface area (Å²) in [5, 5.41) is 11.9. The normalized spacial score (nSPS) is 10.0. The zero-order chi connectivity index (χ0) is 15.8. The summed E-state index contributed by atoms with van der Waals surface area (Å²) < 4.78 is 24.0. The first-order chi connectivity index (χ1) is 10.7. The Morgan fingerprint density at radius 3 is 2.64 bits per heavy atom. The van der Waals surface area contributed by atoms with Gasteiger partial charge in [-0.05, 0) is 29.8 Å². The lowest BCUT2D eigenvalue weighted by Gasteiger charge is -2.09. The van der Waals surface area contributed by atoms with Crippen LogP contribution in [-0.2, 0) is 11.3 Å². The van der Waals surface area contributed by atoms with E-state index in [1.165, 1.54) is 6.07 Å². The maximum atomic E-state index is 13.4. The van der Waals surface area contributed by atoms with Crippen molar-refractivity contribution in [1.29, 1.82) is 5.26 Å². The van der Waals surface area contributed by atoms with Crippen molar-refractivity contribution in [3.05, 3.63) is 59.4 Å². The van der Waals surface area contributed by atoms with E-state index < -0.39 is 5.82 Å². The van der Waals surface area contributed by atoms with E-state index in [-0.39, 0.29) is 5.56 Å². The van der Waals surface area contributed by atoms with Gasteiger partial charge in [-0.1, -0.05) is 18.2 Å². The molecule has 22 heavy (non-hydrogen) atoms. The highest BCUT2D eigenvalue weighted by atomic mass is 19.1. The Kier molecular flexibility index (Phi) is 5.75. The molecule has 114 valence electrons. The van der Waals surface area contributed by atoms with E-state index in [1.54, 1.807) is 19.2 Å². The molecule has 1 N–H and O–H groups in total. The number of nitrogens with zero attached hydrogens (tertiary/aromatic N) is 1. The smallest absolute Gasteiger partial charge is 0.143 e. The molecule has 0 bridgehead atoms. The number of nitrogens with one attached hydrogen (secondary N) is 1. The fourth-order valence-corrected chi connectivity index (χ4v) is 1.95. The molecule has 0 radical (unpaired) electrons. The van der Waals surface area contributed by atoms with Crippen molar-refractivity contribution in [3.8, 4) is 11.8 Å². The molecule has 2 aromatic carbocycles. The number of halogens is 1. The van der Waals surface area contributed by atoms with E-state index in [9.17, 15) is 4.39 Å². The third-order valence-electron chi connectivity index (χ3n) is 3.12. The average molecular weight is 300 g/mol. The largest absolute Gasteiger partial charge is 0.497 e. The molecular formula is C17H17FN2O2. The monoisotopic (exact) mass is 300 g/mol. The van der Waals surface area contributed by atoms with Crippen LogP contribution in [0.2, 0.25) is 0 Å². The molecule has 0 heterocycles. The van der Waals surface area contributed by atoms with Gasteiger partial charge in [-0.2, -0.15) is 5.26 Å². The van der Waals surface area contributed by atoms with Crippen LogP contribution in [0, 0.1) is 17.1 Å². The molecule has 0 saturated heterocycles. The Morgan fingerprint density at radius 2 is 1.95 bits per heavy atom. The molecule has 0 spiro atoms. The van der Waals surface area contributed by atoms with Crippen LogP contribution < -0.4 is 10.1 Å². The van der Waals surface area contributed by atoms with Crippen molar-refractivity contribution >= 4 is 5.69 Å². The molecule has 0 aliphatic heterocycles. The molecule has 0 aliphatic rings. The summed E-state index contributed by atoms with van der Waals surface area (Å²) in [6, 6.07) is 14.0. The van der Waals surface area contributed by atoms with E-state index >= 15 is 0 Å². The van der Waals surface area contributed by atoms with Gasteiger partial charge in [-0.15, -0.1) is 0 Å². The molecule has 0 aromatic heterocycles. The van der Waals surface area contributed by atoms with Gasteiger partial charge >= 0.3 is 0 Å². The van der Waals surface area contributed by atoms with E-state index in [2.05, 4.69) is 5.32 Å². The predicted octanol–water partition coefficient (Wildman–Crippen LogP) is 3.33. The van der Waals surface area contributed by atoms with Gasteiger partial charge in [0.2, 0.25) is 0 Å². The van der Waals surface area contributed by atoms with Gasteiger partial charge in [0.05, 0.1) is 26.0 Å². The second-order valence-corrected chi connectivity index (χ2v) is 4.60. The van der Waals surface area contributed by atoms with Gasteiger partial charge in [-0.3, -0.25) is 0 Å². The molecule has 5 heteroatoms. The maximum absolute atomic E-state index is 13.4. The standard InChI is InChI=1S/C17H17FN2O2/c1-21-14-7-5-13(6-8-14)12-22-10-9-20-17-4-2-3-16(18)15(17)11-19/h2-8,20H,9-10,12H2,1H3. The minimum absolute atomic E-state index is 0.0256. The second-order valence-electron chi connectivity index (χ2n) is 4.60. The number of hydrogen-bond acceptors (Lipinski definition) is 4. The molecular weight excluding hydrogens is 283 g/mol. The lowest BCUT2D eigenvalue weighted by atomic mass is 10.2. The molecule has 0 fully saturated rings. The van der Waals surface area contributed by atoms with Crippen LogP contribution >= 0.6 is 0 Å². The van der Waals surface area contributed by atoms with Gasteiger partial charge in [0.15, 0.2) is 0 Å². The third kappa shape index (κ3) is 4.21. The molecule has 2 aromatic rings.